The van der Waals surface area contributed by atoms with Gasteiger partial charge in [-0.05, 0) is 30.3 Å². The number of halogens is 6. The van der Waals surface area contributed by atoms with Crippen molar-refractivity contribution in [3.05, 3.63) is 73.5 Å². The van der Waals surface area contributed by atoms with Crippen molar-refractivity contribution in [3.8, 4) is 0 Å². The molecule has 2 N–H and O–H groups in total. The van der Waals surface area contributed by atoms with Gasteiger partial charge >= 0.3 is 11.9 Å². The van der Waals surface area contributed by atoms with E-state index < -0.39 is 27.4 Å². The van der Waals surface area contributed by atoms with E-state index in [-0.39, 0.29) is 33.1 Å². The van der Waals surface area contributed by atoms with Crippen LogP contribution in [0.25, 0.3) is 0 Å². The number of alkyl halides is 3. The van der Waals surface area contributed by atoms with Crippen LogP contribution in [0.1, 0.15) is 5.56 Å². The second kappa shape index (κ2) is 8.50. The Bertz CT molecular complexity index is 1130. The Kier molecular flexibility index (Phi) is 6.20. The summed E-state index contributed by atoms with van der Waals surface area (Å²) in [5.74, 6) is -0.585. The monoisotopic (exact) mass is 477 g/mol. The molecule has 0 unspecified atom stereocenters. The number of hydrogen-bond acceptors (Lipinski definition) is 6. The van der Waals surface area contributed by atoms with Gasteiger partial charge in [0.1, 0.15) is 6.33 Å². The van der Waals surface area contributed by atoms with Crippen LogP contribution < -0.4 is 10.6 Å². The summed E-state index contributed by atoms with van der Waals surface area (Å²) in [6, 6.07) is 7.57. The van der Waals surface area contributed by atoms with Crippen molar-refractivity contribution >= 4 is 63.5 Å². The smallest absolute Gasteiger partial charge is 0.334 e. The summed E-state index contributed by atoms with van der Waals surface area (Å²) in [4.78, 5) is 18.5. The number of benzene rings is 2. The van der Waals surface area contributed by atoms with Crippen molar-refractivity contribution in [1.29, 1.82) is 0 Å². The maximum atomic E-state index is 13.1. The molecule has 0 amide bonds. The minimum atomic E-state index is -4.71. The van der Waals surface area contributed by atoms with Crippen molar-refractivity contribution in [1.82, 2.24) is 9.97 Å². The molecule has 7 nitrogen and oxygen atoms in total. The fourth-order valence-electron chi connectivity index (χ4n) is 2.42. The topological polar surface area (TPSA) is 93.0 Å². The Labute approximate surface area is 182 Å². The van der Waals surface area contributed by atoms with Gasteiger partial charge in [0.15, 0.2) is 0 Å². The molecule has 30 heavy (non-hydrogen) atoms. The van der Waals surface area contributed by atoms with Crippen LogP contribution in [0.4, 0.5) is 41.9 Å². The molecule has 0 spiro atoms. The van der Waals surface area contributed by atoms with E-state index in [0.717, 1.165) is 18.5 Å². The molecule has 0 saturated heterocycles. The molecule has 156 valence electrons. The first kappa shape index (κ1) is 21.9. The first-order chi connectivity index (χ1) is 14.1. The standard InChI is InChI=1S/C17H9Cl3F3N5O2/c18-10-5-4-8(6-9(10)17(21,22)23)26-15-14(28(29)30)16(25-7-24-15)27-12-3-1-2-11(19)13(12)20/h1-7H,(H2,24,25,26,27). The molecular formula is C17H9Cl3F3N5O2. The molecular weight excluding hydrogens is 470 g/mol. The van der Waals surface area contributed by atoms with Gasteiger partial charge in [-0.3, -0.25) is 10.1 Å². The maximum absolute atomic E-state index is 13.1. The number of anilines is 4. The van der Waals surface area contributed by atoms with Gasteiger partial charge in [0, 0.05) is 5.69 Å². The van der Waals surface area contributed by atoms with Crippen LogP contribution in [0.5, 0.6) is 0 Å². The molecule has 0 bridgehead atoms. The third-order valence-electron chi connectivity index (χ3n) is 3.74. The summed E-state index contributed by atoms with van der Waals surface area (Å²) in [6.07, 6.45) is -3.71. The van der Waals surface area contributed by atoms with Crippen LogP contribution in [0, 0.1) is 10.1 Å². The Morgan fingerprint density at radius 2 is 1.63 bits per heavy atom. The summed E-state index contributed by atoms with van der Waals surface area (Å²) in [6.45, 7) is 0. The predicted molar refractivity (Wildman–Crippen MR) is 108 cm³/mol. The molecule has 0 aliphatic carbocycles. The van der Waals surface area contributed by atoms with E-state index >= 15 is 0 Å². The predicted octanol–water partition coefficient (Wildman–Crippen LogP) is 6.85. The summed E-state index contributed by atoms with van der Waals surface area (Å²) < 4.78 is 39.2. The summed E-state index contributed by atoms with van der Waals surface area (Å²) >= 11 is 17.6. The van der Waals surface area contributed by atoms with E-state index in [9.17, 15) is 23.3 Å². The van der Waals surface area contributed by atoms with E-state index in [1.807, 2.05) is 0 Å². The number of nitrogens with one attached hydrogen (secondary N) is 2. The zero-order valence-corrected chi connectivity index (χ0v) is 16.7. The molecule has 0 radical (unpaired) electrons. The van der Waals surface area contributed by atoms with Gasteiger partial charge in [-0.15, -0.1) is 0 Å². The number of aromatic nitrogens is 2. The lowest BCUT2D eigenvalue weighted by molar-refractivity contribution is -0.383. The zero-order chi connectivity index (χ0) is 22.1. The Morgan fingerprint density at radius 1 is 0.967 bits per heavy atom. The average molecular weight is 479 g/mol. The summed E-state index contributed by atoms with van der Waals surface area (Å²) in [5.41, 5.74) is -1.59. The maximum Gasteiger partial charge on any atom is 0.417 e. The highest BCUT2D eigenvalue weighted by atomic mass is 35.5. The van der Waals surface area contributed by atoms with Gasteiger partial charge in [-0.25, -0.2) is 9.97 Å². The highest BCUT2D eigenvalue weighted by molar-refractivity contribution is 6.43. The molecule has 2 aromatic carbocycles. The fraction of sp³-hybridized carbons (Fsp3) is 0.0588. The average Bonchev–Trinajstić information content (AvgIpc) is 2.66. The van der Waals surface area contributed by atoms with E-state index in [1.165, 1.54) is 18.2 Å². The lowest BCUT2D eigenvalue weighted by Crippen LogP contribution is -2.08. The molecule has 3 aromatic rings. The SMILES string of the molecule is O=[N+]([O-])c1c(Nc2ccc(Cl)c(C(F)(F)F)c2)ncnc1Nc1cccc(Cl)c1Cl. The molecule has 0 saturated carbocycles. The molecule has 0 aliphatic heterocycles. The second-order valence-electron chi connectivity index (χ2n) is 5.72. The van der Waals surface area contributed by atoms with Gasteiger partial charge in [-0.1, -0.05) is 40.9 Å². The Morgan fingerprint density at radius 3 is 2.27 bits per heavy atom. The number of nitro groups is 1. The third-order valence-corrected chi connectivity index (χ3v) is 4.89. The minimum absolute atomic E-state index is 0.106. The number of rotatable bonds is 5. The quantitative estimate of drug-likeness (QED) is 0.308. The Balaban J connectivity index is 2.02. The largest absolute Gasteiger partial charge is 0.417 e. The van der Waals surface area contributed by atoms with Crippen LogP contribution >= 0.6 is 34.8 Å². The van der Waals surface area contributed by atoms with Crippen molar-refractivity contribution in [2.24, 2.45) is 0 Å². The van der Waals surface area contributed by atoms with Crippen molar-refractivity contribution in [2.45, 2.75) is 6.18 Å². The van der Waals surface area contributed by atoms with Crippen molar-refractivity contribution < 1.29 is 18.1 Å². The molecule has 0 fully saturated rings. The zero-order valence-electron chi connectivity index (χ0n) is 14.5. The first-order valence-corrected chi connectivity index (χ1v) is 9.05. The lowest BCUT2D eigenvalue weighted by Gasteiger charge is -2.13. The van der Waals surface area contributed by atoms with Crippen LogP contribution in [-0.4, -0.2) is 14.9 Å². The van der Waals surface area contributed by atoms with Crippen LogP contribution in [-0.2, 0) is 6.18 Å². The van der Waals surface area contributed by atoms with Gasteiger partial charge in [0.2, 0.25) is 11.6 Å². The molecule has 0 atom stereocenters. The van der Waals surface area contributed by atoms with E-state index in [4.69, 9.17) is 34.8 Å². The first-order valence-electron chi connectivity index (χ1n) is 7.92. The summed E-state index contributed by atoms with van der Waals surface area (Å²) in [5, 5.41) is 16.6. The number of nitrogens with zero attached hydrogens (tertiary/aromatic N) is 3. The van der Waals surface area contributed by atoms with Crippen molar-refractivity contribution in [2.75, 3.05) is 10.6 Å². The summed E-state index contributed by atoms with van der Waals surface area (Å²) in [7, 11) is 0. The van der Waals surface area contributed by atoms with Gasteiger partial charge < -0.3 is 10.6 Å². The molecule has 1 aromatic heterocycles. The van der Waals surface area contributed by atoms with E-state index in [2.05, 4.69) is 20.6 Å². The minimum Gasteiger partial charge on any atom is -0.334 e. The molecule has 0 aliphatic rings. The lowest BCUT2D eigenvalue weighted by atomic mass is 10.2. The second-order valence-corrected chi connectivity index (χ2v) is 6.91. The highest BCUT2D eigenvalue weighted by Crippen LogP contribution is 2.39. The molecule has 1 heterocycles. The van der Waals surface area contributed by atoms with Crippen molar-refractivity contribution in [3.63, 3.8) is 0 Å². The number of hydrogen-bond donors (Lipinski definition) is 2. The Hall–Kier alpha value is -2.82. The van der Waals surface area contributed by atoms with Gasteiger partial charge in [-0.2, -0.15) is 13.2 Å². The van der Waals surface area contributed by atoms with Crippen LogP contribution in [0.15, 0.2) is 42.7 Å². The fourth-order valence-corrected chi connectivity index (χ4v) is 2.99. The third kappa shape index (κ3) is 4.66. The highest BCUT2D eigenvalue weighted by Gasteiger charge is 2.33. The van der Waals surface area contributed by atoms with Crippen LogP contribution in [0.3, 0.4) is 0 Å². The van der Waals surface area contributed by atoms with E-state index in [0.29, 0.717) is 0 Å². The van der Waals surface area contributed by atoms with Crippen LogP contribution in [0.2, 0.25) is 15.1 Å². The molecule has 3 rings (SSSR count). The van der Waals surface area contributed by atoms with Gasteiger partial charge in [0.25, 0.3) is 0 Å². The normalized spacial score (nSPS) is 11.3. The molecule has 13 heteroatoms. The van der Waals surface area contributed by atoms with Gasteiger partial charge in [0.05, 0.1) is 31.2 Å². The van der Waals surface area contributed by atoms with E-state index in [1.54, 1.807) is 6.07 Å².